The molecule has 8 nitrogen and oxygen atoms in total. The van der Waals surface area contributed by atoms with Crippen molar-refractivity contribution in [1.29, 1.82) is 0 Å². The average Bonchev–Trinajstić information content (AvgIpc) is 3.75. The van der Waals surface area contributed by atoms with Crippen LogP contribution in [0.25, 0.3) is 27.7 Å². The van der Waals surface area contributed by atoms with Crippen molar-refractivity contribution in [2.24, 2.45) is 0 Å². The maximum atomic E-state index is 13.4. The Kier molecular flexibility index (Phi) is 7.89. The topological polar surface area (TPSA) is 95.9 Å². The number of likely N-dealkylation sites (tertiary alicyclic amines) is 1. The molecule has 0 aliphatic carbocycles. The van der Waals surface area contributed by atoms with Crippen LogP contribution in [0.15, 0.2) is 85.2 Å². The summed E-state index contributed by atoms with van der Waals surface area (Å²) in [4.78, 5) is 32.0. The number of unbranched alkanes of at least 4 members (excludes halogenated alkanes) is 3. The highest BCUT2D eigenvalue weighted by atomic mass is 16.2. The quantitative estimate of drug-likeness (QED) is 0.188. The summed E-state index contributed by atoms with van der Waals surface area (Å²) >= 11 is 0. The van der Waals surface area contributed by atoms with Crippen molar-refractivity contribution in [3.05, 3.63) is 96.4 Å². The van der Waals surface area contributed by atoms with Crippen LogP contribution in [0.4, 0.5) is 5.95 Å². The van der Waals surface area contributed by atoms with Gasteiger partial charge in [0.2, 0.25) is 11.9 Å². The molecule has 5 aromatic rings. The van der Waals surface area contributed by atoms with Crippen LogP contribution in [-0.2, 0) is 11.2 Å². The van der Waals surface area contributed by atoms with Gasteiger partial charge in [0, 0.05) is 42.3 Å². The number of aromatic nitrogens is 4. The molecule has 2 N–H and O–H groups in total. The minimum absolute atomic E-state index is 0.206. The molecule has 0 atom stereocenters. The zero-order valence-electron chi connectivity index (χ0n) is 23.1. The monoisotopic (exact) mass is 546 g/mol. The average molecular weight is 547 g/mol. The number of hydrogen-bond acceptors (Lipinski definition) is 4. The molecule has 1 saturated heterocycles. The number of nitrogens with zero attached hydrogens (tertiary/aromatic N) is 4. The lowest BCUT2D eigenvalue weighted by atomic mass is 10.0. The summed E-state index contributed by atoms with van der Waals surface area (Å²) < 4.78 is 1.95. The fraction of sp³-hybridized carbons (Fsp3) is 0.273. The summed E-state index contributed by atoms with van der Waals surface area (Å²) in [5.74, 6) is 0.601. The number of fused-ring (bicyclic) bond motifs is 1. The van der Waals surface area contributed by atoms with Crippen LogP contribution in [0.5, 0.6) is 0 Å². The molecule has 3 aromatic carbocycles. The molecule has 2 amide bonds. The molecule has 0 spiro atoms. The second-order valence-electron chi connectivity index (χ2n) is 10.6. The van der Waals surface area contributed by atoms with Gasteiger partial charge in [-0.2, -0.15) is 5.10 Å². The molecule has 1 aliphatic rings. The zero-order valence-corrected chi connectivity index (χ0v) is 23.1. The first-order valence-electron chi connectivity index (χ1n) is 14.4. The number of imidazole rings is 1. The summed E-state index contributed by atoms with van der Waals surface area (Å²) in [6.07, 6.45) is 10.6. The van der Waals surface area contributed by atoms with Crippen LogP contribution in [0.2, 0.25) is 0 Å². The van der Waals surface area contributed by atoms with Crippen molar-refractivity contribution in [2.45, 2.75) is 44.9 Å². The Morgan fingerprint density at radius 3 is 2.63 bits per heavy atom. The van der Waals surface area contributed by atoms with Crippen molar-refractivity contribution in [3.63, 3.8) is 0 Å². The van der Waals surface area contributed by atoms with E-state index in [0.29, 0.717) is 23.8 Å². The van der Waals surface area contributed by atoms with Crippen molar-refractivity contribution in [1.82, 2.24) is 24.6 Å². The van der Waals surface area contributed by atoms with Gasteiger partial charge in [0.25, 0.3) is 5.91 Å². The molecule has 0 saturated carbocycles. The summed E-state index contributed by atoms with van der Waals surface area (Å²) in [6, 6.07) is 23.7. The lowest BCUT2D eigenvalue weighted by Crippen LogP contribution is -2.25. The first kappa shape index (κ1) is 26.5. The lowest BCUT2D eigenvalue weighted by molar-refractivity contribution is -0.127. The predicted molar refractivity (Wildman–Crippen MR) is 161 cm³/mol. The number of H-pyrrole nitrogens is 1. The van der Waals surface area contributed by atoms with E-state index in [0.717, 1.165) is 85.0 Å². The van der Waals surface area contributed by atoms with Gasteiger partial charge in [0.1, 0.15) is 0 Å². The smallest absolute Gasteiger partial charge is 0.258 e. The van der Waals surface area contributed by atoms with Crippen molar-refractivity contribution in [2.75, 3.05) is 18.4 Å². The molecule has 0 unspecified atom stereocenters. The van der Waals surface area contributed by atoms with E-state index in [1.54, 1.807) is 6.20 Å². The minimum Gasteiger partial charge on any atom is -0.343 e. The summed E-state index contributed by atoms with van der Waals surface area (Å²) in [6.45, 7) is 1.78. The molecular weight excluding hydrogens is 512 g/mol. The fourth-order valence-electron chi connectivity index (χ4n) is 5.46. The van der Waals surface area contributed by atoms with Crippen molar-refractivity contribution < 1.29 is 9.59 Å². The second-order valence-corrected chi connectivity index (χ2v) is 10.6. The van der Waals surface area contributed by atoms with Gasteiger partial charge in [-0.25, -0.2) is 4.98 Å². The third-order valence-electron chi connectivity index (χ3n) is 7.70. The Morgan fingerprint density at radius 1 is 0.927 bits per heavy atom. The van der Waals surface area contributed by atoms with Gasteiger partial charge in [-0.05, 0) is 73.2 Å². The molecule has 208 valence electrons. The summed E-state index contributed by atoms with van der Waals surface area (Å²) in [5, 5.41) is 11.2. The van der Waals surface area contributed by atoms with Crippen LogP contribution in [-0.4, -0.2) is 49.6 Å². The van der Waals surface area contributed by atoms with Gasteiger partial charge in [-0.1, -0.05) is 49.2 Å². The standard InChI is InChI=1S/C33H34N6O2/c40-31-15-9-19-38(31)18-7-2-1-4-12-28-23-39(29-13-5-3-6-14-29)33(35-28)36-32(41)26-11-8-10-24(20-26)25-16-17-30-27(21-25)22-34-37-30/h3,5-6,8,10-11,13-14,16-17,20-23H,1-2,4,7,9,12,15,18-19H2,(H,34,37)(H,35,36,41). The van der Waals surface area contributed by atoms with Gasteiger partial charge in [0.15, 0.2) is 0 Å². The molecule has 6 rings (SSSR count). The third-order valence-corrected chi connectivity index (χ3v) is 7.70. The van der Waals surface area contributed by atoms with Crippen molar-refractivity contribution in [3.8, 4) is 16.8 Å². The number of para-hydroxylation sites is 1. The second kappa shape index (κ2) is 12.2. The maximum Gasteiger partial charge on any atom is 0.258 e. The molecule has 0 bridgehead atoms. The number of nitrogens with one attached hydrogen (secondary N) is 2. The van der Waals surface area contributed by atoms with E-state index in [4.69, 9.17) is 4.98 Å². The predicted octanol–water partition coefficient (Wildman–Crippen LogP) is 6.39. The zero-order chi connectivity index (χ0) is 28.0. The Bertz CT molecular complexity index is 1650. The molecule has 41 heavy (non-hydrogen) atoms. The molecule has 1 aliphatic heterocycles. The molecule has 3 heterocycles. The van der Waals surface area contributed by atoms with E-state index in [9.17, 15) is 9.59 Å². The molecule has 1 fully saturated rings. The van der Waals surface area contributed by atoms with Crippen LogP contribution in [0.3, 0.4) is 0 Å². The largest absolute Gasteiger partial charge is 0.343 e. The minimum atomic E-state index is -0.206. The Hall–Kier alpha value is -4.72. The summed E-state index contributed by atoms with van der Waals surface area (Å²) in [5.41, 5.74) is 5.41. The van der Waals surface area contributed by atoms with E-state index < -0.39 is 0 Å². The van der Waals surface area contributed by atoms with Gasteiger partial charge in [0.05, 0.1) is 17.4 Å². The van der Waals surface area contributed by atoms with E-state index in [1.807, 2.05) is 82.4 Å². The highest BCUT2D eigenvalue weighted by Crippen LogP contribution is 2.25. The van der Waals surface area contributed by atoms with Crippen LogP contribution >= 0.6 is 0 Å². The van der Waals surface area contributed by atoms with Crippen LogP contribution in [0.1, 0.15) is 54.6 Å². The third kappa shape index (κ3) is 6.22. The normalized spacial score (nSPS) is 13.3. The van der Waals surface area contributed by atoms with Gasteiger partial charge >= 0.3 is 0 Å². The highest BCUT2D eigenvalue weighted by Gasteiger charge is 2.19. The Labute approximate surface area is 239 Å². The maximum absolute atomic E-state index is 13.4. The SMILES string of the molecule is O=C(Nc1nc(CCCCCCN2CCCC2=O)cn1-c1ccccc1)c1cccc(-c2ccc3[nH]ncc3c2)c1. The van der Waals surface area contributed by atoms with Crippen LogP contribution in [0, 0.1) is 0 Å². The van der Waals surface area contributed by atoms with Gasteiger partial charge in [-0.3, -0.25) is 24.6 Å². The first-order valence-corrected chi connectivity index (χ1v) is 14.4. The number of aryl methyl sites for hydroxylation is 1. The van der Waals surface area contributed by atoms with E-state index in [-0.39, 0.29) is 5.91 Å². The number of carbonyl (C=O) groups excluding carboxylic acids is 2. The highest BCUT2D eigenvalue weighted by molar-refractivity contribution is 6.04. The summed E-state index contributed by atoms with van der Waals surface area (Å²) in [7, 11) is 0. The van der Waals surface area contributed by atoms with Gasteiger partial charge < -0.3 is 4.90 Å². The molecule has 2 aromatic heterocycles. The van der Waals surface area contributed by atoms with Crippen molar-refractivity contribution >= 4 is 28.7 Å². The fourth-order valence-corrected chi connectivity index (χ4v) is 5.46. The Morgan fingerprint density at radius 2 is 1.78 bits per heavy atom. The molecular formula is C33H34N6O2. The number of hydrogen-bond donors (Lipinski definition) is 2. The Balaban J connectivity index is 1.13. The number of anilines is 1. The number of carbonyl (C=O) groups is 2. The van der Waals surface area contributed by atoms with Crippen LogP contribution < -0.4 is 5.32 Å². The number of aromatic amines is 1. The number of benzene rings is 3. The van der Waals surface area contributed by atoms with E-state index in [1.165, 1.54) is 0 Å². The molecule has 0 radical (unpaired) electrons. The van der Waals surface area contributed by atoms with Gasteiger partial charge in [-0.15, -0.1) is 0 Å². The first-order chi connectivity index (χ1) is 20.1. The molecule has 8 heteroatoms. The van der Waals surface area contributed by atoms with E-state index in [2.05, 4.69) is 21.6 Å². The van der Waals surface area contributed by atoms with E-state index >= 15 is 0 Å². The lowest BCUT2D eigenvalue weighted by Gasteiger charge is -2.14. The number of rotatable bonds is 11. The number of amides is 2.